The average molecular weight is 836 g/mol. The lowest BCUT2D eigenvalue weighted by molar-refractivity contribution is -0.0440. The summed E-state index contributed by atoms with van der Waals surface area (Å²) in [4.78, 5) is 15.5. The summed E-state index contributed by atoms with van der Waals surface area (Å²) in [6.07, 6.45) is 6.78. The zero-order chi connectivity index (χ0) is 43.0. The van der Waals surface area contributed by atoms with Gasteiger partial charge in [-0.25, -0.2) is 15.0 Å². The molecule has 0 radical (unpaired) electrons. The Labute approximate surface area is 382 Å². The lowest BCUT2D eigenvalue weighted by atomic mass is 9.38. The topological polar surface area (TPSA) is 38.7 Å². The second kappa shape index (κ2) is 15.2. The quantitative estimate of drug-likeness (QED) is 0.161. The maximum atomic E-state index is 5.24. The molecule has 3 nitrogen and oxygen atoms in total. The molecule has 3 heteroatoms. The molecule has 4 bridgehead atoms. The monoisotopic (exact) mass is 835 g/mol. The molecule has 1 heterocycles. The van der Waals surface area contributed by atoms with Crippen LogP contribution < -0.4 is 0 Å². The third-order valence-corrected chi connectivity index (χ3v) is 15.8. The van der Waals surface area contributed by atoms with Crippen LogP contribution in [0.15, 0.2) is 212 Å². The van der Waals surface area contributed by atoms with Crippen LogP contribution in [0, 0.1) is 23.7 Å². The van der Waals surface area contributed by atoms with E-state index in [1.807, 2.05) is 18.2 Å². The molecule has 8 aromatic carbocycles. The number of hydrogen-bond donors (Lipinski definition) is 0. The maximum Gasteiger partial charge on any atom is 0.164 e. The van der Waals surface area contributed by atoms with E-state index in [0.29, 0.717) is 29.3 Å². The Bertz CT molecular complexity index is 3150. The number of rotatable bonds is 7. The second-order valence-corrected chi connectivity index (χ2v) is 19.2. The number of aromatic nitrogens is 3. The van der Waals surface area contributed by atoms with Gasteiger partial charge in [0.05, 0.1) is 5.41 Å². The van der Waals surface area contributed by atoms with Gasteiger partial charge in [-0.1, -0.05) is 194 Å². The molecule has 312 valence electrons. The standard InChI is InChI=1S/C62H49N3/c1-5-17-43(18-6-1)45-21-15-23-48(38-45)59-63-58(44-19-7-2-8-20-44)64-60(65-59)49-24-16-22-46(39-49)47-31-32-56-57(40-47)61(50-25-9-3-10-26-50,51-27-11-4-12-28-51)54-29-13-14-30-55(54)62(56)52-34-41-33-42(36-52)37-53(62)35-41/h1-32,38-42,52-53H,33-37H2. The first-order chi connectivity index (χ1) is 32.2. The van der Waals surface area contributed by atoms with Crippen LogP contribution in [0.3, 0.4) is 0 Å². The lowest BCUT2D eigenvalue weighted by Gasteiger charge is -2.65. The van der Waals surface area contributed by atoms with E-state index in [9.17, 15) is 0 Å². The van der Waals surface area contributed by atoms with Crippen molar-refractivity contribution in [2.24, 2.45) is 23.7 Å². The van der Waals surface area contributed by atoms with Crippen LogP contribution in [-0.2, 0) is 10.8 Å². The van der Waals surface area contributed by atoms with E-state index >= 15 is 0 Å². The molecule has 65 heavy (non-hydrogen) atoms. The Morgan fingerprint density at radius 2 is 0.692 bits per heavy atom. The molecule has 4 fully saturated rings. The first-order valence-electron chi connectivity index (χ1n) is 23.6. The van der Waals surface area contributed by atoms with Crippen LogP contribution in [0.25, 0.3) is 56.4 Å². The SMILES string of the molecule is c1ccc(-c2cccc(-c3nc(-c4ccccc4)nc(-c4cccc(-c5ccc6c(c5)C(c5ccccc5)(c5ccccc5)c5ccccc5C65C6CC7CC(C6)CC5C7)c4)n3)c2)cc1. The van der Waals surface area contributed by atoms with Crippen molar-refractivity contribution in [2.45, 2.75) is 42.9 Å². The Morgan fingerprint density at radius 3 is 1.25 bits per heavy atom. The maximum absolute atomic E-state index is 5.24. The molecule has 0 unspecified atom stereocenters. The molecule has 1 aromatic heterocycles. The van der Waals surface area contributed by atoms with Crippen LogP contribution in [0.1, 0.15) is 65.5 Å². The zero-order valence-electron chi connectivity index (χ0n) is 36.4. The predicted octanol–water partition coefficient (Wildman–Crippen LogP) is 14.6. The molecule has 9 aromatic rings. The summed E-state index contributed by atoms with van der Waals surface area (Å²) in [6, 6.07) is 78.1. The van der Waals surface area contributed by atoms with Crippen molar-refractivity contribution in [1.82, 2.24) is 15.0 Å². The van der Waals surface area contributed by atoms with Crippen molar-refractivity contribution < 1.29 is 0 Å². The zero-order valence-corrected chi connectivity index (χ0v) is 36.4. The van der Waals surface area contributed by atoms with E-state index in [1.165, 1.54) is 59.9 Å². The molecule has 14 rings (SSSR count). The number of nitrogens with zero attached hydrogens (tertiary/aromatic N) is 3. The second-order valence-electron chi connectivity index (χ2n) is 19.2. The van der Waals surface area contributed by atoms with Crippen molar-refractivity contribution >= 4 is 0 Å². The molecule has 5 aliphatic carbocycles. The summed E-state index contributed by atoms with van der Waals surface area (Å²) in [6.45, 7) is 0. The molecule has 1 spiro atoms. The van der Waals surface area contributed by atoms with Gasteiger partial charge < -0.3 is 0 Å². The third kappa shape index (κ3) is 5.98. The lowest BCUT2D eigenvalue weighted by Crippen LogP contribution is -2.59. The minimum atomic E-state index is -0.510. The number of fused-ring (bicyclic) bond motifs is 2. The fraction of sp³-hybridized carbons (Fsp3) is 0.177. The molecular weight excluding hydrogens is 787 g/mol. The van der Waals surface area contributed by atoms with Gasteiger partial charge in [0.15, 0.2) is 17.5 Å². The highest BCUT2D eigenvalue weighted by Crippen LogP contribution is 2.70. The van der Waals surface area contributed by atoms with Gasteiger partial charge in [-0.05, 0) is 130 Å². The van der Waals surface area contributed by atoms with E-state index in [4.69, 9.17) is 15.0 Å². The van der Waals surface area contributed by atoms with Gasteiger partial charge in [0.1, 0.15) is 0 Å². The largest absolute Gasteiger partial charge is 0.208 e. The van der Waals surface area contributed by atoms with Crippen molar-refractivity contribution in [2.75, 3.05) is 0 Å². The van der Waals surface area contributed by atoms with Gasteiger partial charge in [0.2, 0.25) is 0 Å². The molecule has 0 aliphatic heterocycles. The van der Waals surface area contributed by atoms with Gasteiger partial charge in [-0.15, -0.1) is 0 Å². The van der Waals surface area contributed by atoms with Gasteiger partial charge in [-0.3, -0.25) is 0 Å². The molecule has 0 atom stereocenters. The van der Waals surface area contributed by atoms with E-state index < -0.39 is 5.41 Å². The molecule has 0 N–H and O–H groups in total. The first kappa shape index (κ1) is 38.2. The molecule has 5 aliphatic rings. The fourth-order valence-corrected chi connectivity index (χ4v) is 13.5. The smallest absolute Gasteiger partial charge is 0.164 e. The highest BCUT2D eigenvalue weighted by molar-refractivity contribution is 5.78. The molecule has 0 saturated heterocycles. The Hall–Kier alpha value is -7.23. The van der Waals surface area contributed by atoms with Crippen LogP contribution in [0.2, 0.25) is 0 Å². The van der Waals surface area contributed by atoms with Crippen molar-refractivity contribution in [3.63, 3.8) is 0 Å². The fourth-order valence-electron chi connectivity index (χ4n) is 13.5. The summed E-state index contributed by atoms with van der Waals surface area (Å²) in [7, 11) is 0. The highest BCUT2D eigenvalue weighted by Gasteiger charge is 2.63. The van der Waals surface area contributed by atoms with E-state index in [2.05, 4.69) is 194 Å². The van der Waals surface area contributed by atoms with E-state index in [-0.39, 0.29) is 5.41 Å². The average Bonchev–Trinajstić information content (AvgIpc) is 3.38. The Morgan fingerprint density at radius 1 is 0.292 bits per heavy atom. The van der Waals surface area contributed by atoms with Crippen LogP contribution in [0.5, 0.6) is 0 Å². The molecular formula is C62H49N3. The Balaban J connectivity index is 1.01. The first-order valence-corrected chi connectivity index (χ1v) is 23.6. The van der Waals surface area contributed by atoms with Gasteiger partial charge in [-0.2, -0.15) is 0 Å². The van der Waals surface area contributed by atoms with Crippen LogP contribution in [0.4, 0.5) is 0 Å². The van der Waals surface area contributed by atoms with Gasteiger partial charge in [0.25, 0.3) is 0 Å². The summed E-state index contributed by atoms with van der Waals surface area (Å²) in [5.41, 5.74) is 15.6. The van der Waals surface area contributed by atoms with E-state index in [0.717, 1.165) is 45.2 Å². The van der Waals surface area contributed by atoms with Gasteiger partial charge >= 0.3 is 0 Å². The normalized spacial score (nSPS) is 22.0. The summed E-state index contributed by atoms with van der Waals surface area (Å²) >= 11 is 0. The third-order valence-electron chi connectivity index (χ3n) is 15.8. The van der Waals surface area contributed by atoms with E-state index in [1.54, 1.807) is 11.1 Å². The van der Waals surface area contributed by atoms with Gasteiger partial charge in [0, 0.05) is 22.1 Å². The van der Waals surface area contributed by atoms with Crippen molar-refractivity contribution in [3.05, 3.63) is 246 Å². The molecule has 4 saturated carbocycles. The molecule has 0 amide bonds. The van der Waals surface area contributed by atoms with Crippen LogP contribution >= 0.6 is 0 Å². The highest BCUT2D eigenvalue weighted by atomic mass is 15.0. The van der Waals surface area contributed by atoms with Crippen LogP contribution in [-0.4, -0.2) is 15.0 Å². The number of benzene rings is 8. The summed E-state index contributed by atoms with van der Waals surface area (Å²) < 4.78 is 0. The predicted molar refractivity (Wildman–Crippen MR) is 263 cm³/mol. The summed E-state index contributed by atoms with van der Waals surface area (Å²) in [5.74, 6) is 4.97. The Kier molecular flexibility index (Phi) is 8.95. The minimum Gasteiger partial charge on any atom is -0.208 e. The summed E-state index contributed by atoms with van der Waals surface area (Å²) in [5, 5.41) is 0. The van der Waals surface area contributed by atoms with Crippen molar-refractivity contribution in [1.29, 1.82) is 0 Å². The minimum absolute atomic E-state index is 0.0142. The number of hydrogen-bond acceptors (Lipinski definition) is 3. The van der Waals surface area contributed by atoms with Crippen molar-refractivity contribution in [3.8, 4) is 56.4 Å².